The van der Waals surface area contributed by atoms with Crippen LogP contribution in [0.3, 0.4) is 0 Å². The van der Waals surface area contributed by atoms with Crippen molar-refractivity contribution in [2.45, 2.75) is 0 Å². The third-order valence-electron chi connectivity index (χ3n) is 4.36. The van der Waals surface area contributed by atoms with Crippen molar-refractivity contribution in [1.29, 1.82) is 0 Å². The Bertz CT molecular complexity index is 788. The van der Waals surface area contributed by atoms with E-state index < -0.39 is 0 Å². The summed E-state index contributed by atoms with van der Waals surface area (Å²) < 4.78 is 0. The highest BCUT2D eigenvalue weighted by atomic mass is 35.5. The summed E-state index contributed by atoms with van der Waals surface area (Å²) >= 11 is 6.09. The third-order valence-corrected chi connectivity index (χ3v) is 4.59. The van der Waals surface area contributed by atoms with E-state index in [1.54, 1.807) is 0 Å². The van der Waals surface area contributed by atoms with Crippen molar-refractivity contribution in [2.75, 3.05) is 36.0 Å². The molecule has 1 aliphatic rings. The predicted octanol–water partition coefficient (Wildman–Crippen LogP) is 4.15. The number of nitrogens with one attached hydrogen (secondary N) is 1. The van der Waals surface area contributed by atoms with Crippen molar-refractivity contribution in [3.63, 3.8) is 0 Å². The number of hydrogen-bond donors (Lipinski definition) is 1. The van der Waals surface area contributed by atoms with Gasteiger partial charge in [-0.1, -0.05) is 17.7 Å². The molecule has 0 saturated carbocycles. The smallest absolute Gasteiger partial charge is 0.0455 e. The van der Waals surface area contributed by atoms with Gasteiger partial charge in [-0.15, -0.1) is 0 Å². The molecule has 2 aromatic carbocycles. The monoisotopic (exact) mass is 311 g/mol. The average Bonchev–Trinajstić information content (AvgIpc) is 3.02. The molecule has 2 heterocycles. The maximum absolute atomic E-state index is 6.09. The number of halogens is 1. The van der Waals surface area contributed by atoms with Crippen LogP contribution in [-0.4, -0.2) is 31.2 Å². The van der Waals surface area contributed by atoms with Gasteiger partial charge in [-0.25, -0.2) is 0 Å². The Kier molecular flexibility index (Phi) is 3.43. The van der Waals surface area contributed by atoms with Gasteiger partial charge >= 0.3 is 0 Å². The summed E-state index contributed by atoms with van der Waals surface area (Å²) in [6.07, 6.45) is 1.99. The molecular weight excluding hydrogens is 294 g/mol. The predicted molar refractivity (Wildman–Crippen MR) is 94.2 cm³/mol. The maximum Gasteiger partial charge on any atom is 0.0455 e. The molecule has 0 aliphatic carbocycles. The minimum atomic E-state index is 0.804. The quantitative estimate of drug-likeness (QED) is 0.768. The zero-order chi connectivity index (χ0) is 14.9. The highest BCUT2D eigenvalue weighted by Gasteiger charge is 2.18. The van der Waals surface area contributed by atoms with Crippen LogP contribution < -0.4 is 9.80 Å². The second kappa shape index (κ2) is 5.58. The lowest BCUT2D eigenvalue weighted by atomic mass is 10.2. The number of piperazine rings is 1. The van der Waals surface area contributed by atoms with Crippen LogP contribution in [0.4, 0.5) is 11.4 Å². The first kappa shape index (κ1) is 13.5. The number of rotatable bonds is 2. The fraction of sp³-hybridized carbons (Fsp3) is 0.222. The molecule has 1 saturated heterocycles. The van der Waals surface area contributed by atoms with Crippen molar-refractivity contribution < 1.29 is 0 Å². The lowest BCUT2D eigenvalue weighted by Gasteiger charge is -2.37. The van der Waals surface area contributed by atoms with E-state index >= 15 is 0 Å². The molecule has 3 nitrogen and oxygen atoms in total. The molecule has 0 atom stereocenters. The molecule has 4 heteroatoms. The highest BCUT2D eigenvalue weighted by Crippen LogP contribution is 2.25. The molecule has 0 radical (unpaired) electrons. The number of nitrogens with zero attached hydrogens (tertiary/aromatic N) is 2. The van der Waals surface area contributed by atoms with Gasteiger partial charge in [0.05, 0.1) is 0 Å². The van der Waals surface area contributed by atoms with Gasteiger partial charge < -0.3 is 14.8 Å². The van der Waals surface area contributed by atoms with Crippen molar-refractivity contribution in [1.82, 2.24) is 4.98 Å². The molecule has 0 bridgehead atoms. The van der Waals surface area contributed by atoms with Crippen LogP contribution in [0, 0.1) is 0 Å². The van der Waals surface area contributed by atoms with E-state index in [0.717, 1.165) is 31.2 Å². The highest BCUT2D eigenvalue weighted by molar-refractivity contribution is 6.30. The summed E-state index contributed by atoms with van der Waals surface area (Å²) in [7, 11) is 0. The van der Waals surface area contributed by atoms with E-state index in [1.807, 2.05) is 24.4 Å². The molecular formula is C18H18ClN3. The van der Waals surface area contributed by atoms with E-state index in [0.29, 0.717) is 0 Å². The fourth-order valence-corrected chi connectivity index (χ4v) is 3.32. The van der Waals surface area contributed by atoms with Crippen LogP contribution >= 0.6 is 11.6 Å². The van der Waals surface area contributed by atoms with Crippen LogP contribution in [0.5, 0.6) is 0 Å². The fourth-order valence-electron chi connectivity index (χ4n) is 3.13. The number of fused-ring (bicyclic) bond motifs is 1. The first-order valence-corrected chi connectivity index (χ1v) is 8.00. The summed E-state index contributed by atoms with van der Waals surface area (Å²) in [5, 5.41) is 2.08. The summed E-state index contributed by atoms with van der Waals surface area (Å²) in [4.78, 5) is 8.10. The topological polar surface area (TPSA) is 22.3 Å². The Labute approximate surface area is 135 Å². The second-order valence-electron chi connectivity index (χ2n) is 5.70. The molecule has 1 aliphatic heterocycles. The molecule has 1 N–H and O–H groups in total. The number of hydrogen-bond acceptors (Lipinski definition) is 2. The summed E-state index contributed by atoms with van der Waals surface area (Å²) in [6, 6.07) is 16.9. The summed E-state index contributed by atoms with van der Waals surface area (Å²) in [5.41, 5.74) is 3.72. The van der Waals surface area contributed by atoms with Gasteiger partial charge in [0.1, 0.15) is 0 Å². The van der Waals surface area contributed by atoms with Crippen LogP contribution in [0.25, 0.3) is 10.9 Å². The van der Waals surface area contributed by atoms with Crippen molar-refractivity contribution in [3.8, 4) is 0 Å². The lowest BCUT2D eigenvalue weighted by molar-refractivity contribution is 0.654. The van der Waals surface area contributed by atoms with E-state index in [2.05, 4.69) is 45.1 Å². The Morgan fingerprint density at radius 3 is 2.27 bits per heavy atom. The zero-order valence-electron chi connectivity index (χ0n) is 12.3. The molecule has 0 unspecified atom stereocenters. The van der Waals surface area contributed by atoms with Crippen LogP contribution in [-0.2, 0) is 0 Å². The Morgan fingerprint density at radius 2 is 1.55 bits per heavy atom. The standard InChI is InChI=1S/C18H18ClN3/c19-15-2-1-3-16(13-15)21-8-10-22(11-9-21)17-4-5-18-14(12-17)6-7-20-18/h1-7,12-13,20H,8-11H2. The van der Waals surface area contributed by atoms with Crippen molar-refractivity contribution in [2.24, 2.45) is 0 Å². The number of benzene rings is 2. The average molecular weight is 312 g/mol. The molecule has 1 aromatic heterocycles. The van der Waals surface area contributed by atoms with Gasteiger partial charge in [0.25, 0.3) is 0 Å². The zero-order valence-corrected chi connectivity index (χ0v) is 13.1. The summed E-state index contributed by atoms with van der Waals surface area (Å²) in [5.74, 6) is 0. The van der Waals surface area contributed by atoms with E-state index in [1.165, 1.54) is 22.3 Å². The lowest BCUT2D eigenvalue weighted by Crippen LogP contribution is -2.46. The van der Waals surface area contributed by atoms with Crippen LogP contribution in [0.2, 0.25) is 5.02 Å². The van der Waals surface area contributed by atoms with Gasteiger partial charge in [-0.2, -0.15) is 0 Å². The number of H-pyrrole nitrogens is 1. The Balaban J connectivity index is 1.49. The van der Waals surface area contributed by atoms with E-state index in [9.17, 15) is 0 Å². The first-order valence-electron chi connectivity index (χ1n) is 7.62. The van der Waals surface area contributed by atoms with E-state index in [4.69, 9.17) is 11.6 Å². The van der Waals surface area contributed by atoms with Gasteiger partial charge in [0, 0.05) is 59.7 Å². The number of aromatic nitrogens is 1. The molecule has 1 fully saturated rings. The molecule has 22 heavy (non-hydrogen) atoms. The van der Waals surface area contributed by atoms with E-state index in [-0.39, 0.29) is 0 Å². The molecule has 0 amide bonds. The minimum absolute atomic E-state index is 0.804. The normalized spacial score (nSPS) is 15.5. The maximum atomic E-state index is 6.09. The SMILES string of the molecule is Clc1cccc(N2CCN(c3ccc4[nH]ccc4c3)CC2)c1. The van der Waals surface area contributed by atoms with Gasteiger partial charge in [0.15, 0.2) is 0 Å². The number of anilines is 2. The molecule has 0 spiro atoms. The summed E-state index contributed by atoms with van der Waals surface area (Å²) in [6.45, 7) is 4.10. The molecule has 4 rings (SSSR count). The van der Waals surface area contributed by atoms with Gasteiger partial charge in [-0.3, -0.25) is 0 Å². The minimum Gasteiger partial charge on any atom is -0.368 e. The third kappa shape index (κ3) is 2.53. The molecule has 112 valence electrons. The molecule has 3 aromatic rings. The largest absolute Gasteiger partial charge is 0.368 e. The Hall–Kier alpha value is -2.13. The van der Waals surface area contributed by atoms with Gasteiger partial charge in [0.2, 0.25) is 0 Å². The first-order chi connectivity index (χ1) is 10.8. The van der Waals surface area contributed by atoms with Crippen LogP contribution in [0.15, 0.2) is 54.7 Å². The van der Waals surface area contributed by atoms with Gasteiger partial charge in [-0.05, 0) is 42.5 Å². The number of aromatic amines is 1. The van der Waals surface area contributed by atoms with Crippen molar-refractivity contribution >= 4 is 33.9 Å². The van der Waals surface area contributed by atoms with Crippen LogP contribution in [0.1, 0.15) is 0 Å². The second-order valence-corrected chi connectivity index (χ2v) is 6.14. The Morgan fingerprint density at radius 1 is 0.818 bits per heavy atom. The van der Waals surface area contributed by atoms with Crippen molar-refractivity contribution in [3.05, 3.63) is 59.8 Å².